The fourth-order valence-corrected chi connectivity index (χ4v) is 4.33. The average molecular weight is 423 g/mol. The number of Topliss-reactive ketones (excluding diaryl/α,β-unsaturated/α-hetero) is 1. The van der Waals surface area contributed by atoms with Crippen LogP contribution in [-0.4, -0.2) is 36.7 Å². The number of fused-ring (bicyclic) bond motifs is 1. The fourth-order valence-electron chi connectivity index (χ4n) is 3.40. The number of hydrogen-bond donors (Lipinski definition) is 2. The van der Waals surface area contributed by atoms with Gasteiger partial charge >= 0.3 is 0 Å². The summed E-state index contributed by atoms with van der Waals surface area (Å²) < 4.78 is 7.20. The Bertz CT molecular complexity index is 1210. The first-order chi connectivity index (χ1) is 14.5. The number of nitrogens with one attached hydrogen (secondary N) is 1. The molecule has 3 N–H and O–H groups in total. The van der Waals surface area contributed by atoms with Gasteiger partial charge in [0.2, 0.25) is 5.91 Å². The maximum absolute atomic E-state index is 13.3. The van der Waals surface area contributed by atoms with Gasteiger partial charge in [0.1, 0.15) is 0 Å². The highest BCUT2D eigenvalue weighted by Gasteiger charge is 2.25. The maximum atomic E-state index is 13.3. The number of thioether (sulfide) groups is 1. The number of carbonyl (C=O) groups is 2. The van der Waals surface area contributed by atoms with Crippen LogP contribution in [0.2, 0.25) is 0 Å². The number of benzene rings is 1. The number of carbonyl (C=O) groups excluding carboxylic acids is 2. The first-order valence-electron chi connectivity index (χ1n) is 9.49. The third-order valence-corrected chi connectivity index (χ3v) is 5.91. The summed E-state index contributed by atoms with van der Waals surface area (Å²) in [4.78, 5) is 27.9. The van der Waals surface area contributed by atoms with Crippen molar-refractivity contribution in [2.75, 3.05) is 0 Å². The Morgan fingerprint density at radius 2 is 2.03 bits per heavy atom. The molecule has 8 nitrogen and oxygen atoms in total. The highest BCUT2D eigenvalue weighted by molar-refractivity contribution is 8.00. The number of primary amides is 1. The lowest BCUT2D eigenvalue weighted by molar-refractivity contribution is -0.118. The molecule has 0 bridgehead atoms. The van der Waals surface area contributed by atoms with Gasteiger partial charge in [-0.25, -0.2) is 0 Å². The minimum absolute atomic E-state index is 0.000972. The molecule has 0 spiro atoms. The molecule has 0 radical (unpaired) electrons. The van der Waals surface area contributed by atoms with Crippen LogP contribution >= 0.6 is 11.8 Å². The molecule has 1 amide bonds. The van der Waals surface area contributed by atoms with E-state index in [-0.39, 0.29) is 12.2 Å². The number of nitrogens with two attached hydrogens (primary N) is 1. The number of amides is 1. The number of hydrogen-bond acceptors (Lipinski definition) is 6. The molecule has 0 fully saturated rings. The molecule has 9 heteroatoms. The normalized spacial score (nSPS) is 12.3. The average Bonchev–Trinajstić information content (AvgIpc) is 3.43. The molecule has 0 saturated carbocycles. The number of para-hydroxylation sites is 1. The molecule has 3 heterocycles. The summed E-state index contributed by atoms with van der Waals surface area (Å²) in [5, 5.41) is 9.47. The SMILES string of the molecule is Cc1[nH]c2ccccc2c1C(=O)C(C)Sc1nnc(-c2ccco2)n1CCC(N)=O. The summed E-state index contributed by atoms with van der Waals surface area (Å²) in [5.74, 6) is 0.597. The summed E-state index contributed by atoms with van der Waals surface area (Å²) >= 11 is 1.30. The molecule has 1 atom stereocenters. The van der Waals surface area contributed by atoms with E-state index in [1.54, 1.807) is 23.0 Å². The lowest BCUT2D eigenvalue weighted by Gasteiger charge is -2.12. The van der Waals surface area contributed by atoms with Crippen LogP contribution in [0, 0.1) is 6.92 Å². The highest BCUT2D eigenvalue weighted by atomic mass is 32.2. The Balaban J connectivity index is 1.64. The maximum Gasteiger partial charge on any atom is 0.219 e. The second-order valence-corrected chi connectivity index (χ2v) is 8.25. The van der Waals surface area contributed by atoms with E-state index >= 15 is 0 Å². The number of aromatic amines is 1. The number of nitrogens with zero attached hydrogens (tertiary/aromatic N) is 3. The summed E-state index contributed by atoms with van der Waals surface area (Å²) in [6, 6.07) is 11.3. The minimum Gasteiger partial charge on any atom is -0.461 e. The van der Waals surface area contributed by atoms with Crippen LogP contribution in [0.4, 0.5) is 0 Å². The molecule has 0 aliphatic heterocycles. The smallest absolute Gasteiger partial charge is 0.219 e. The topological polar surface area (TPSA) is 120 Å². The first-order valence-corrected chi connectivity index (χ1v) is 10.4. The van der Waals surface area contributed by atoms with Gasteiger partial charge in [-0.15, -0.1) is 10.2 Å². The highest BCUT2D eigenvalue weighted by Crippen LogP contribution is 2.31. The summed E-state index contributed by atoms with van der Waals surface area (Å²) in [6.07, 6.45) is 1.67. The van der Waals surface area contributed by atoms with Gasteiger partial charge in [0.25, 0.3) is 0 Å². The Kier molecular flexibility index (Phi) is 5.45. The van der Waals surface area contributed by atoms with Crippen molar-refractivity contribution in [2.45, 2.75) is 37.2 Å². The second kappa shape index (κ2) is 8.19. The van der Waals surface area contributed by atoms with Crippen LogP contribution < -0.4 is 5.73 Å². The van der Waals surface area contributed by atoms with Gasteiger partial charge in [0.15, 0.2) is 22.5 Å². The molecule has 0 aliphatic carbocycles. The quantitative estimate of drug-likeness (QED) is 0.330. The zero-order valence-corrected chi connectivity index (χ0v) is 17.4. The number of ketones is 1. The number of aryl methyl sites for hydroxylation is 1. The van der Waals surface area contributed by atoms with E-state index in [1.165, 1.54) is 11.8 Å². The van der Waals surface area contributed by atoms with Crippen LogP contribution in [0.15, 0.2) is 52.2 Å². The third-order valence-electron chi connectivity index (χ3n) is 4.83. The lowest BCUT2D eigenvalue weighted by atomic mass is 10.1. The van der Waals surface area contributed by atoms with Crippen molar-refractivity contribution in [1.82, 2.24) is 19.7 Å². The first kappa shape index (κ1) is 20.0. The predicted molar refractivity (Wildman–Crippen MR) is 114 cm³/mol. The molecular formula is C21H21N5O3S. The predicted octanol–water partition coefficient (Wildman–Crippen LogP) is 3.57. The van der Waals surface area contributed by atoms with Crippen molar-refractivity contribution in [3.05, 3.63) is 53.9 Å². The van der Waals surface area contributed by atoms with Gasteiger partial charge in [0, 0.05) is 35.1 Å². The zero-order valence-electron chi connectivity index (χ0n) is 16.6. The van der Waals surface area contributed by atoms with E-state index in [0.29, 0.717) is 28.8 Å². The van der Waals surface area contributed by atoms with E-state index in [1.807, 2.05) is 38.1 Å². The van der Waals surface area contributed by atoms with E-state index in [4.69, 9.17) is 10.2 Å². The van der Waals surface area contributed by atoms with Crippen LogP contribution in [-0.2, 0) is 11.3 Å². The zero-order chi connectivity index (χ0) is 21.3. The second-order valence-electron chi connectivity index (χ2n) is 6.95. The molecule has 154 valence electrons. The van der Waals surface area contributed by atoms with Crippen molar-refractivity contribution in [3.8, 4) is 11.6 Å². The number of H-pyrrole nitrogens is 1. The third kappa shape index (κ3) is 3.76. The molecule has 4 aromatic rings. The van der Waals surface area contributed by atoms with Crippen molar-refractivity contribution in [1.29, 1.82) is 0 Å². The Labute approximate surface area is 176 Å². The Morgan fingerprint density at radius 1 is 1.23 bits per heavy atom. The number of rotatable bonds is 8. The molecular weight excluding hydrogens is 402 g/mol. The Morgan fingerprint density at radius 3 is 2.77 bits per heavy atom. The van der Waals surface area contributed by atoms with E-state index in [9.17, 15) is 9.59 Å². The molecule has 0 saturated heterocycles. The lowest BCUT2D eigenvalue weighted by Crippen LogP contribution is -2.17. The van der Waals surface area contributed by atoms with Gasteiger partial charge < -0.3 is 15.1 Å². The van der Waals surface area contributed by atoms with Crippen LogP contribution in [0.1, 0.15) is 29.4 Å². The van der Waals surface area contributed by atoms with Crippen LogP contribution in [0.25, 0.3) is 22.5 Å². The largest absolute Gasteiger partial charge is 0.461 e. The molecule has 0 aliphatic rings. The van der Waals surface area contributed by atoms with Crippen molar-refractivity contribution in [3.63, 3.8) is 0 Å². The standard InChI is InChI=1S/C21H21N5O3S/c1-12-18(14-6-3-4-7-15(14)23-12)19(28)13(2)30-21-25-24-20(16-8-5-11-29-16)26(21)10-9-17(22)27/h3-8,11,13,23H,9-10H2,1-2H3,(H2,22,27). The van der Waals surface area contributed by atoms with Gasteiger partial charge in [-0.2, -0.15) is 0 Å². The fraction of sp³-hybridized carbons (Fsp3) is 0.238. The van der Waals surface area contributed by atoms with Gasteiger partial charge in [-0.05, 0) is 32.0 Å². The summed E-state index contributed by atoms with van der Waals surface area (Å²) in [6.45, 7) is 4.04. The van der Waals surface area contributed by atoms with Crippen LogP contribution in [0.5, 0.6) is 0 Å². The van der Waals surface area contributed by atoms with E-state index in [2.05, 4.69) is 15.2 Å². The molecule has 30 heavy (non-hydrogen) atoms. The van der Waals surface area contributed by atoms with E-state index < -0.39 is 11.2 Å². The summed E-state index contributed by atoms with van der Waals surface area (Å²) in [5.41, 5.74) is 7.77. The molecule has 1 aromatic carbocycles. The monoisotopic (exact) mass is 423 g/mol. The number of aromatic nitrogens is 4. The molecule has 1 unspecified atom stereocenters. The van der Waals surface area contributed by atoms with Crippen LogP contribution in [0.3, 0.4) is 0 Å². The van der Waals surface area contributed by atoms with Crippen molar-refractivity contribution in [2.24, 2.45) is 5.73 Å². The van der Waals surface area contributed by atoms with E-state index in [0.717, 1.165) is 16.6 Å². The van der Waals surface area contributed by atoms with Gasteiger partial charge in [-0.1, -0.05) is 30.0 Å². The Hall–Kier alpha value is -3.33. The van der Waals surface area contributed by atoms with Gasteiger partial charge in [-0.3, -0.25) is 14.2 Å². The van der Waals surface area contributed by atoms with Crippen molar-refractivity contribution < 1.29 is 14.0 Å². The molecule has 4 rings (SSSR count). The van der Waals surface area contributed by atoms with Crippen molar-refractivity contribution >= 4 is 34.4 Å². The minimum atomic E-state index is -0.427. The van der Waals surface area contributed by atoms with Gasteiger partial charge in [0.05, 0.1) is 11.5 Å². The number of furan rings is 1. The molecule has 3 aromatic heterocycles. The summed E-state index contributed by atoms with van der Waals surface area (Å²) in [7, 11) is 0.